The van der Waals surface area contributed by atoms with Gasteiger partial charge in [0, 0.05) is 30.3 Å². The molecule has 0 saturated carbocycles. The van der Waals surface area contributed by atoms with Crippen molar-refractivity contribution in [3.63, 3.8) is 0 Å². The minimum atomic E-state index is -3.86. The summed E-state index contributed by atoms with van der Waals surface area (Å²) in [7, 11) is -3.86. The first kappa shape index (κ1) is 23.2. The van der Waals surface area contributed by atoms with Crippen LogP contribution in [0.1, 0.15) is 38.6 Å². The van der Waals surface area contributed by atoms with Crippen molar-refractivity contribution in [3.05, 3.63) is 88.6 Å². The van der Waals surface area contributed by atoms with Crippen LogP contribution < -0.4 is 11.1 Å². The second kappa shape index (κ2) is 8.79. The maximum atomic E-state index is 13.1. The summed E-state index contributed by atoms with van der Waals surface area (Å²) in [5, 5.41) is 7.23. The molecular formula is C24H26N6O3S. The number of nitrogen functional groups attached to an aromatic ring is 1. The smallest absolute Gasteiger partial charge is 0.267 e. The minimum Gasteiger partial charge on any atom is -0.384 e. The van der Waals surface area contributed by atoms with Crippen LogP contribution in [0.5, 0.6) is 0 Å². The lowest BCUT2D eigenvalue weighted by Gasteiger charge is -2.11. The van der Waals surface area contributed by atoms with Crippen molar-refractivity contribution in [1.29, 1.82) is 0 Å². The Morgan fingerprint density at radius 2 is 1.76 bits per heavy atom. The molecule has 4 aromatic rings. The fourth-order valence-corrected chi connectivity index (χ4v) is 5.05. The molecule has 0 spiro atoms. The van der Waals surface area contributed by atoms with Gasteiger partial charge in [-0.05, 0) is 81.3 Å². The Bertz CT molecular complexity index is 1460. The van der Waals surface area contributed by atoms with Crippen molar-refractivity contribution in [2.75, 3.05) is 5.73 Å². The molecule has 34 heavy (non-hydrogen) atoms. The van der Waals surface area contributed by atoms with E-state index in [1.165, 1.54) is 30.6 Å². The van der Waals surface area contributed by atoms with Gasteiger partial charge < -0.3 is 11.1 Å². The highest BCUT2D eigenvalue weighted by atomic mass is 32.2. The molecule has 176 valence electrons. The van der Waals surface area contributed by atoms with Gasteiger partial charge in [-0.1, -0.05) is 0 Å². The van der Waals surface area contributed by atoms with Crippen LogP contribution in [0.3, 0.4) is 0 Å². The largest absolute Gasteiger partial charge is 0.384 e. The molecule has 0 aliphatic rings. The summed E-state index contributed by atoms with van der Waals surface area (Å²) in [4.78, 5) is 17.0. The summed E-state index contributed by atoms with van der Waals surface area (Å²) in [6.45, 7) is 7.82. The minimum absolute atomic E-state index is 0.111. The molecule has 10 heteroatoms. The first-order chi connectivity index (χ1) is 16.1. The quantitative estimate of drug-likeness (QED) is 0.439. The number of aromatic nitrogens is 4. The van der Waals surface area contributed by atoms with Crippen LogP contribution in [0, 0.1) is 27.7 Å². The zero-order chi connectivity index (χ0) is 24.6. The Hall–Kier alpha value is -3.92. The lowest BCUT2D eigenvalue weighted by molar-refractivity contribution is 0.0951. The topological polar surface area (TPSA) is 125 Å². The Balaban J connectivity index is 1.50. The van der Waals surface area contributed by atoms with Crippen LogP contribution in [0.4, 0.5) is 5.82 Å². The summed E-state index contributed by atoms with van der Waals surface area (Å²) >= 11 is 0. The van der Waals surface area contributed by atoms with Gasteiger partial charge >= 0.3 is 0 Å². The molecule has 3 aromatic heterocycles. The zero-order valence-corrected chi connectivity index (χ0v) is 20.2. The van der Waals surface area contributed by atoms with Gasteiger partial charge in [-0.15, -0.1) is 0 Å². The molecule has 1 amide bonds. The third kappa shape index (κ3) is 4.44. The van der Waals surface area contributed by atoms with Gasteiger partial charge in [-0.25, -0.2) is 22.1 Å². The van der Waals surface area contributed by atoms with Gasteiger partial charge in [0.1, 0.15) is 5.82 Å². The van der Waals surface area contributed by atoms with E-state index in [0.717, 1.165) is 37.9 Å². The van der Waals surface area contributed by atoms with Crippen molar-refractivity contribution >= 4 is 21.7 Å². The summed E-state index contributed by atoms with van der Waals surface area (Å²) in [5.41, 5.74) is 11.1. The fraction of sp³-hybridized carbons (Fsp3) is 0.208. The number of nitrogens with two attached hydrogens (primary N) is 1. The summed E-state index contributed by atoms with van der Waals surface area (Å²) < 4.78 is 29.0. The maximum Gasteiger partial charge on any atom is 0.267 e. The number of anilines is 1. The van der Waals surface area contributed by atoms with Crippen LogP contribution in [0.2, 0.25) is 0 Å². The number of rotatable bonds is 6. The van der Waals surface area contributed by atoms with Crippen LogP contribution in [0.15, 0.2) is 59.8 Å². The first-order valence-electron chi connectivity index (χ1n) is 10.6. The van der Waals surface area contributed by atoms with E-state index in [0.29, 0.717) is 5.82 Å². The SMILES string of the molecule is Cc1cc(C)n(-c2ccc(S(=O)(=O)n3ccc(C(=O)NCc4c(C)cc(N)nc4C)c3)cc2)n1. The molecule has 0 radical (unpaired) electrons. The number of carbonyl (C=O) groups is 1. The highest BCUT2D eigenvalue weighted by Crippen LogP contribution is 2.19. The summed E-state index contributed by atoms with van der Waals surface area (Å²) in [6, 6.07) is 11.6. The van der Waals surface area contributed by atoms with E-state index in [4.69, 9.17) is 5.73 Å². The van der Waals surface area contributed by atoms with E-state index in [1.807, 2.05) is 33.8 Å². The molecular weight excluding hydrogens is 452 g/mol. The van der Waals surface area contributed by atoms with E-state index in [-0.39, 0.29) is 22.9 Å². The van der Waals surface area contributed by atoms with Gasteiger partial charge in [0.15, 0.2) is 0 Å². The molecule has 0 aliphatic carbocycles. The number of nitrogens with zero attached hydrogens (tertiary/aromatic N) is 4. The van der Waals surface area contributed by atoms with Crippen molar-refractivity contribution in [2.45, 2.75) is 39.1 Å². The highest BCUT2D eigenvalue weighted by molar-refractivity contribution is 7.90. The Kier molecular flexibility index (Phi) is 6.01. The Morgan fingerprint density at radius 1 is 1.06 bits per heavy atom. The molecule has 1 aromatic carbocycles. The third-order valence-electron chi connectivity index (χ3n) is 5.60. The molecule has 0 bridgehead atoms. The average Bonchev–Trinajstić information content (AvgIpc) is 3.40. The third-order valence-corrected chi connectivity index (χ3v) is 7.25. The van der Waals surface area contributed by atoms with Gasteiger partial charge in [-0.2, -0.15) is 5.10 Å². The molecule has 0 saturated heterocycles. The van der Waals surface area contributed by atoms with Crippen molar-refractivity contribution in [3.8, 4) is 5.69 Å². The second-order valence-electron chi connectivity index (χ2n) is 8.18. The molecule has 4 rings (SSSR count). The predicted molar refractivity (Wildman–Crippen MR) is 129 cm³/mol. The maximum absolute atomic E-state index is 13.1. The van der Waals surface area contributed by atoms with Crippen LogP contribution in [-0.4, -0.2) is 33.1 Å². The summed E-state index contributed by atoms with van der Waals surface area (Å²) in [6.07, 6.45) is 2.67. The fourth-order valence-electron chi connectivity index (χ4n) is 3.86. The number of benzene rings is 1. The molecule has 0 unspecified atom stereocenters. The number of hydrogen-bond donors (Lipinski definition) is 2. The number of amides is 1. The van der Waals surface area contributed by atoms with E-state index in [9.17, 15) is 13.2 Å². The second-order valence-corrected chi connectivity index (χ2v) is 10.0. The van der Waals surface area contributed by atoms with Crippen molar-refractivity contribution in [2.24, 2.45) is 0 Å². The van der Waals surface area contributed by atoms with Crippen LogP contribution in [-0.2, 0) is 16.6 Å². The van der Waals surface area contributed by atoms with Crippen LogP contribution in [0.25, 0.3) is 5.69 Å². The highest BCUT2D eigenvalue weighted by Gasteiger charge is 2.19. The lowest BCUT2D eigenvalue weighted by Crippen LogP contribution is -2.24. The van der Waals surface area contributed by atoms with Gasteiger partial charge in [0.05, 0.1) is 21.8 Å². The monoisotopic (exact) mass is 478 g/mol. The lowest BCUT2D eigenvalue weighted by atomic mass is 10.1. The van der Waals surface area contributed by atoms with E-state index in [1.54, 1.807) is 22.9 Å². The Morgan fingerprint density at radius 3 is 2.38 bits per heavy atom. The number of pyridine rings is 1. The van der Waals surface area contributed by atoms with Gasteiger partial charge in [0.2, 0.25) is 0 Å². The molecule has 0 fully saturated rings. The average molecular weight is 479 g/mol. The molecule has 3 N–H and O–H groups in total. The first-order valence-corrected chi connectivity index (χ1v) is 12.1. The van der Waals surface area contributed by atoms with Crippen LogP contribution >= 0.6 is 0 Å². The molecule has 9 nitrogen and oxygen atoms in total. The summed E-state index contributed by atoms with van der Waals surface area (Å²) in [5.74, 6) is 0.0414. The number of carbonyl (C=O) groups excluding carboxylic acids is 1. The molecule has 0 atom stereocenters. The van der Waals surface area contributed by atoms with E-state index < -0.39 is 10.0 Å². The molecule has 3 heterocycles. The normalized spacial score (nSPS) is 11.5. The molecule has 0 aliphatic heterocycles. The number of aryl methyl sites for hydroxylation is 4. The number of nitrogens with one attached hydrogen (secondary N) is 1. The standard InChI is InChI=1S/C24H26N6O3S/c1-15-11-23(25)27-18(4)22(15)13-26-24(31)19-9-10-29(14-19)34(32,33)21-7-5-20(6-8-21)30-17(3)12-16(2)28-30/h5-12,14H,13H2,1-4H3,(H2,25,27)(H,26,31). The van der Waals surface area contributed by atoms with Gasteiger partial charge in [-0.3, -0.25) is 4.79 Å². The van der Waals surface area contributed by atoms with Crippen molar-refractivity contribution in [1.82, 2.24) is 24.1 Å². The Labute approximate surface area is 198 Å². The zero-order valence-electron chi connectivity index (χ0n) is 19.4. The van der Waals surface area contributed by atoms with Gasteiger partial charge in [0.25, 0.3) is 15.9 Å². The number of hydrogen-bond acceptors (Lipinski definition) is 6. The van der Waals surface area contributed by atoms with E-state index >= 15 is 0 Å². The van der Waals surface area contributed by atoms with Crippen molar-refractivity contribution < 1.29 is 13.2 Å². The van der Waals surface area contributed by atoms with E-state index in [2.05, 4.69) is 15.4 Å². The predicted octanol–water partition coefficient (Wildman–Crippen LogP) is 3.05.